The summed E-state index contributed by atoms with van der Waals surface area (Å²) in [5.74, 6) is 0. The van der Waals surface area contributed by atoms with Crippen molar-refractivity contribution in [2.24, 2.45) is 5.41 Å². The van der Waals surface area contributed by atoms with Gasteiger partial charge >= 0.3 is 0 Å². The number of aliphatic hydroxyl groups excluding tert-OH is 1. The molecule has 13 heavy (non-hydrogen) atoms. The fourth-order valence-corrected chi connectivity index (χ4v) is 1.14. The Kier molecular flexibility index (Phi) is 4.11. The molecule has 0 bridgehead atoms. The van der Waals surface area contributed by atoms with Gasteiger partial charge in [-0.1, -0.05) is 51.1 Å². The minimum Gasteiger partial charge on any atom is -0.388 e. The second kappa shape index (κ2) is 4.40. The fraction of sp³-hybridized carbons (Fsp3) is 0.455. The first-order valence-electron chi connectivity index (χ1n) is 4.25. The quantitative estimate of drug-likeness (QED) is 0.699. The van der Waals surface area contributed by atoms with Crippen LogP contribution < -0.4 is 6.15 Å². The molecule has 0 aliphatic heterocycles. The van der Waals surface area contributed by atoms with Gasteiger partial charge in [-0.05, 0) is 11.0 Å². The van der Waals surface area contributed by atoms with Gasteiger partial charge in [0.2, 0.25) is 0 Å². The highest BCUT2D eigenvalue weighted by molar-refractivity contribution is 5.18. The van der Waals surface area contributed by atoms with Gasteiger partial charge in [0, 0.05) is 0 Å². The zero-order valence-electron chi connectivity index (χ0n) is 8.62. The summed E-state index contributed by atoms with van der Waals surface area (Å²) in [6, 6.07) is 9.76. The molecule has 74 valence electrons. The number of hydrogen-bond acceptors (Lipinski definition) is 2. The Morgan fingerprint density at radius 2 is 1.54 bits per heavy atom. The monoisotopic (exact) mass is 181 g/mol. The molecule has 0 aromatic heterocycles. The topological polar surface area (TPSA) is 55.2 Å². The predicted molar refractivity (Wildman–Crippen MR) is 55.9 cm³/mol. The summed E-state index contributed by atoms with van der Waals surface area (Å²) in [7, 11) is 0. The van der Waals surface area contributed by atoms with E-state index in [4.69, 9.17) is 0 Å². The summed E-state index contributed by atoms with van der Waals surface area (Å²) in [6.45, 7) is 6.10. The average Bonchev–Trinajstić information content (AvgIpc) is 2.03. The van der Waals surface area contributed by atoms with Gasteiger partial charge in [0.25, 0.3) is 0 Å². The van der Waals surface area contributed by atoms with E-state index in [9.17, 15) is 5.11 Å². The highest BCUT2D eigenvalue weighted by Crippen LogP contribution is 2.31. The average molecular weight is 181 g/mol. The summed E-state index contributed by atoms with van der Waals surface area (Å²) in [5, 5.41) is 9.86. The normalized spacial score (nSPS) is 13.2. The number of hydrogen-bond donors (Lipinski definition) is 2. The fourth-order valence-electron chi connectivity index (χ4n) is 1.14. The SMILES string of the molecule is CC(C)(C)C(O)c1ccccc1.N. The van der Waals surface area contributed by atoms with Gasteiger partial charge in [0.1, 0.15) is 0 Å². The molecule has 0 aliphatic carbocycles. The molecule has 0 spiro atoms. The maximum atomic E-state index is 9.86. The van der Waals surface area contributed by atoms with Gasteiger partial charge in [-0.3, -0.25) is 0 Å². The number of aliphatic hydroxyl groups is 1. The molecule has 0 saturated carbocycles. The maximum absolute atomic E-state index is 9.86. The smallest absolute Gasteiger partial charge is 0.0838 e. The first-order valence-corrected chi connectivity index (χ1v) is 4.25. The Balaban J connectivity index is 0.00000144. The van der Waals surface area contributed by atoms with Gasteiger partial charge in [0.15, 0.2) is 0 Å². The van der Waals surface area contributed by atoms with Crippen LogP contribution in [-0.2, 0) is 0 Å². The van der Waals surface area contributed by atoms with Gasteiger partial charge in [-0.15, -0.1) is 0 Å². The third-order valence-corrected chi connectivity index (χ3v) is 1.94. The highest BCUT2D eigenvalue weighted by atomic mass is 16.3. The van der Waals surface area contributed by atoms with Crippen LogP contribution in [0.3, 0.4) is 0 Å². The van der Waals surface area contributed by atoms with E-state index >= 15 is 0 Å². The number of benzene rings is 1. The molecule has 1 aromatic rings. The molecule has 2 heteroatoms. The van der Waals surface area contributed by atoms with Crippen LogP contribution >= 0.6 is 0 Å². The van der Waals surface area contributed by atoms with E-state index in [-0.39, 0.29) is 17.7 Å². The maximum Gasteiger partial charge on any atom is 0.0838 e. The minimum atomic E-state index is -0.376. The molecule has 1 atom stereocenters. The molecular weight excluding hydrogens is 162 g/mol. The standard InChI is InChI=1S/C11H16O.H3N/c1-11(2,3)10(12)9-7-5-4-6-8-9;/h4-8,10,12H,1-3H3;1H3. The Labute approximate surface area is 80.2 Å². The van der Waals surface area contributed by atoms with Crippen molar-refractivity contribution in [3.05, 3.63) is 35.9 Å². The zero-order chi connectivity index (χ0) is 9.19. The van der Waals surface area contributed by atoms with Gasteiger partial charge < -0.3 is 11.3 Å². The first kappa shape index (κ1) is 12.1. The van der Waals surface area contributed by atoms with E-state index < -0.39 is 0 Å². The van der Waals surface area contributed by atoms with Crippen LogP contribution in [0.15, 0.2) is 30.3 Å². The van der Waals surface area contributed by atoms with Gasteiger partial charge in [-0.2, -0.15) is 0 Å². The van der Waals surface area contributed by atoms with Crippen molar-refractivity contribution in [2.45, 2.75) is 26.9 Å². The van der Waals surface area contributed by atoms with Crippen LogP contribution in [0.25, 0.3) is 0 Å². The molecule has 0 saturated heterocycles. The lowest BCUT2D eigenvalue weighted by molar-refractivity contribution is 0.0627. The predicted octanol–water partition coefficient (Wildman–Crippen LogP) is 2.93. The zero-order valence-corrected chi connectivity index (χ0v) is 8.62. The lowest BCUT2D eigenvalue weighted by Crippen LogP contribution is -2.17. The number of rotatable bonds is 1. The van der Waals surface area contributed by atoms with E-state index in [1.165, 1.54) is 0 Å². The van der Waals surface area contributed by atoms with E-state index in [1.54, 1.807) is 0 Å². The molecule has 0 radical (unpaired) electrons. The molecule has 0 fully saturated rings. The van der Waals surface area contributed by atoms with Crippen molar-refractivity contribution < 1.29 is 5.11 Å². The van der Waals surface area contributed by atoms with Crippen molar-refractivity contribution in [2.75, 3.05) is 0 Å². The van der Waals surface area contributed by atoms with E-state index in [0.717, 1.165) is 5.56 Å². The molecule has 1 aromatic carbocycles. The molecular formula is C11H19NO. The van der Waals surface area contributed by atoms with Crippen LogP contribution in [0.4, 0.5) is 0 Å². The van der Waals surface area contributed by atoms with Crippen LogP contribution in [0, 0.1) is 5.41 Å². The Morgan fingerprint density at radius 3 is 1.92 bits per heavy atom. The van der Waals surface area contributed by atoms with Crippen LogP contribution in [0.5, 0.6) is 0 Å². The third-order valence-electron chi connectivity index (χ3n) is 1.94. The second-order valence-electron chi connectivity index (χ2n) is 4.18. The van der Waals surface area contributed by atoms with Crippen molar-refractivity contribution in [3.8, 4) is 0 Å². The molecule has 1 unspecified atom stereocenters. The van der Waals surface area contributed by atoms with E-state index in [2.05, 4.69) is 0 Å². The third kappa shape index (κ3) is 3.17. The lowest BCUT2D eigenvalue weighted by Gasteiger charge is -2.25. The van der Waals surface area contributed by atoms with E-state index in [0.29, 0.717) is 0 Å². The first-order chi connectivity index (χ1) is 5.52. The van der Waals surface area contributed by atoms with Crippen molar-refractivity contribution in [1.29, 1.82) is 0 Å². The summed E-state index contributed by atoms with van der Waals surface area (Å²) < 4.78 is 0. The summed E-state index contributed by atoms with van der Waals surface area (Å²) in [6.07, 6.45) is -0.376. The molecule has 0 heterocycles. The lowest BCUT2D eigenvalue weighted by atomic mass is 9.85. The largest absolute Gasteiger partial charge is 0.388 e. The summed E-state index contributed by atoms with van der Waals surface area (Å²) in [4.78, 5) is 0. The molecule has 4 N–H and O–H groups in total. The van der Waals surface area contributed by atoms with Crippen LogP contribution in [0.1, 0.15) is 32.4 Å². The molecule has 1 rings (SSSR count). The second-order valence-corrected chi connectivity index (χ2v) is 4.18. The van der Waals surface area contributed by atoms with Crippen molar-refractivity contribution in [1.82, 2.24) is 6.15 Å². The molecule has 0 aliphatic rings. The summed E-state index contributed by atoms with van der Waals surface area (Å²) >= 11 is 0. The van der Waals surface area contributed by atoms with Crippen LogP contribution in [0.2, 0.25) is 0 Å². The summed E-state index contributed by atoms with van der Waals surface area (Å²) in [5.41, 5.74) is 0.909. The molecule has 2 nitrogen and oxygen atoms in total. The van der Waals surface area contributed by atoms with Gasteiger partial charge in [0.05, 0.1) is 6.10 Å². The Bertz CT molecular complexity index is 238. The Morgan fingerprint density at radius 1 is 1.08 bits per heavy atom. The Hall–Kier alpha value is -0.860. The highest BCUT2D eigenvalue weighted by Gasteiger charge is 2.22. The van der Waals surface area contributed by atoms with Crippen molar-refractivity contribution >= 4 is 0 Å². The van der Waals surface area contributed by atoms with Gasteiger partial charge in [-0.25, -0.2) is 0 Å². The minimum absolute atomic E-state index is 0. The van der Waals surface area contributed by atoms with E-state index in [1.807, 2.05) is 51.1 Å². The molecule has 0 amide bonds. The van der Waals surface area contributed by atoms with Crippen molar-refractivity contribution in [3.63, 3.8) is 0 Å². The van der Waals surface area contributed by atoms with Crippen LogP contribution in [-0.4, -0.2) is 5.11 Å².